The van der Waals surface area contributed by atoms with Crippen molar-refractivity contribution >= 4 is 40.1 Å². The van der Waals surface area contributed by atoms with Crippen molar-refractivity contribution < 1.29 is 46.6 Å². The Labute approximate surface area is 310 Å². The van der Waals surface area contributed by atoms with E-state index >= 15 is 0 Å². The third-order valence-corrected chi connectivity index (χ3v) is 11.7. The summed E-state index contributed by atoms with van der Waals surface area (Å²) >= 11 is 0. The lowest BCUT2D eigenvalue weighted by atomic mass is 10.0. The second kappa shape index (κ2) is 15.6. The number of carbonyl (C=O) groups is 5. The number of hydrogen-bond donors (Lipinski definition) is 3. The molecule has 1 saturated carbocycles. The Balaban J connectivity index is 1.25. The average molecular weight is 759 g/mol. The van der Waals surface area contributed by atoms with Crippen molar-refractivity contribution in [1.29, 1.82) is 0 Å². The minimum absolute atomic E-state index is 0.0759. The van der Waals surface area contributed by atoms with E-state index < -0.39 is 75.4 Å². The SMILES string of the molecule is CC(C)(C)OC(=O)N[C@H]1CCCCCC=C[C@@H]2C[C@@]2(C(=O)NS(=O)(=O)N2CCOCC2)NC(=O)[C@@H]2C[C@@H](OC(=O)N3Cc4ccccc4C3)CN2C1=O. The third kappa shape index (κ3) is 9.12. The lowest BCUT2D eigenvalue weighted by molar-refractivity contribution is -0.141. The molecule has 3 N–H and O–H groups in total. The van der Waals surface area contributed by atoms with Crippen LogP contribution in [-0.2, 0) is 51.9 Å². The molecule has 16 nitrogen and oxygen atoms in total. The van der Waals surface area contributed by atoms with Crippen LogP contribution in [0.15, 0.2) is 36.4 Å². The number of rotatable bonds is 5. The predicted molar refractivity (Wildman–Crippen MR) is 190 cm³/mol. The molecular formula is C36H50N6O10S. The first kappa shape index (κ1) is 38.5. The van der Waals surface area contributed by atoms with Crippen molar-refractivity contribution in [3.05, 3.63) is 47.5 Å². The number of nitrogens with zero attached hydrogens (tertiary/aromatic N) is 3. The standard InChI is InChI=1S/C36H50N6O10S/c1-35(2,3)52-33(46)37-28-14-8-6-4-5-7-13-26-20-36(26,32(45)39-53(48,49)41-15-17-50-18-16-41)38-30(43)29-19-27(23-42(29)31(28)44)51-34(47)40-21-24-11-9-10-12-25(24)22-40/h7,9-13,26-29H,4-6,8,14-23H2,1-3H3,(H,37,46)(H,38,43)(H,39,45)/t26-,27-,28+,29+,36-/m1/s1. The molecule has 290 valence electrons. The van der Waals surface area contributed by atoms with Crippen molar-refractivity contribution in [2.75, 3.05) is 32.8 Å². The van der Waals surface area contributed by atoms with Gasteiger partial charge in [0.15, 0.2) is 0 Å². The first-order chi connectivity index (χ1) is 25.1. The zero-order valence-electron chi connectivity index (χ0n) is 30.5. The van der Waals surface area contributed by atoms with Gasteiger partial charge in [0.2, 0.25) is 11.8 Å². The van der Waals surface area contributed by atoms with Crippen LogP contribution in [0.5, 0.6) is 0 Å². The van der Waals surface area contributed by atoms with E-state index in [4.69, 9.17) is 14.2 Å². The van der Waals surface area contributed by atoms with Gasteiger partial charge in [-0.2, -0.15) is 12.7 Å². The highest BCUT2D eigenvalue weighted by molar-refractivity contribution is 7.87. The van der Waals surface area contributed by atoms with Crippen molar-refractivity contribution in [1.82, 2.24) is 29.5 Å². The highest BCUT2D eigenvalue weighted by Gasteiger charge is 2.62. The van der Waals surface area contributed by atoms with E-state index in [1.54, 1.807) is 25.7 Å². The van der Waals surface area contributed by atoms with Crippen molar-refractivity contribution in [3.8, 4) is 0 Å². The second-order valence-electron chi connectivity index (χ2n) is 15.4. The molecule has 1 aromatic carbocycles. The summed E-state index contributed by atoms with van der Waals surface area (Å²) in [4.78, 5) is 71.6. The monoisotopic (exact) mass is 758 g/mol. The van der Waals surface area contributed by atoms with Gasteiger partial charge in [0, 0.05) is 38.5 Å². The van der Waals surface area contributed by atoms with Gasteiger partial charge in [0.05, 0.1) is 19.8 Å². The lowest BCUT2D eigenvalue weighted by Crippen LogP contribution is -2.59. The molecule has 5 amide bonds. The zero-order chi connectivity index (χ0) is 38.0. The largest absolute Gasteiger partial charge is 0.444 e. The Kier molecular flexibility index (Phi) is 11.4. The summed E-state index contributed by atoms with van der Waals surface area (Å²) in [6.07, 6.45) is 4.57. The fourth-order valence-electron chi connectivity index (χ4n) is 7.35. The predicted octanol–water partition coefficient (Wildman–Crippen LogP) is 2.09. The van der Waals surface area contributed by atoms with Crippen LogP contribution in [0.25, 0.3) is 0 Å². The number of benzene rings is 1. The van der Waals surface area contributed by atoms with E-state index in [1.165, 1.54) is 4.90 Å². The van der Waals surface area contributed by atoms with Crippen LogP contribution in [0, 0.1) is 5.92 Å². The van der Waals surface area contributed by atoms with Crippen molar-refractivity contribution in [2.45, 2.75) is 108 Å². The Morgan fingerprint density at radius 3 is 2.40 bits per heavy atom. The van der Waals surface area contributed by atoms with Gasteiger partial charge in [0.1, 0.15) is 29.3 Å². The molecule has 6 rings (SSSR count). The van der Waals surface area contributed by atoms with E-state index in [0.717, 1.165) is 28.3 Å². The Bertz CT molecular complexity index is 1700. The second-order valence-corrected chi connectivity index (χ2v) is 17.0. The van der Waals surface area contributed by atoms with Gasteiger partial charge in [-0.1, -0.05) is 49.3 Å². The van der Waals surface area contributed by atoms with Gasteiger partial charge in [-0.15, -0.1) is 0 Å². The van der Waals surface area contributed by atoms with Gasteiger partial charge in [-0.25, -0.2) is 14.3 Å². The number of fused-ring (bicyclic) bond motifs is 3. The molecule has 0 unspecified atom stereocenters. The molecule has 1 aromatic rings. The Hall–Kier alpha value is -4.22. The summed E-state index contributed by atoms with van der Waals surface area (Å²) in [7, 11) is -4.24. The van der Waals surface area contributed by atoms with E-state index in [-0.39, 0.29) is 52.1 Å². The molecule has 53 heavy (non-hydrogen) atoms. The van der Waals surface area contributed by atoms with E-state index in [2.05, 4.69) is 15.4 Å². The minimum Gasteiger partial charge on any atom is -0.444 e. The quantitative estimate of drug-likeness (QED) is 0.375. The van der Waals surface area contributed by atoms with Crippen molar-refractivity contribution in [2.24, 2.45) is 5.92 Å². The molecule has 5 aliphatic rings. The average Bonchev–Trinajstić information content (AvgIpc) is 3.40. The molecule has 17 heteroatoms. The summed E-state index contributed by atoms with van der Waals surface area (Å²) in [5.74, 6) is -2.63. The fourth-order valence-corrected chi connectivity index (χ4v) is 8.53. The van der Waals surface area contributed by atoms with Crippen LogP contribution in [0.3, 0.4) is 0 Å². The fraction of sp³-hybridized carbons (Fsp3) is 0.639. The number of alkyl carbamates (subject to hydrolysis) is 1. The van der Waals surface area contributed by atoms with Crippen LogP contribution in [0.4, 0.5) is 9.59 Å². The highest BCUT2D eigenvalue weighted by atomic mass is 32.2. The third-order valence-electron chi connectivity index (χ3n) is 10.2. The van der Waals surface area contributed by atoms with Gasteiger partial charge in [0.25, 0.3) is 5.91 Å². The topological polar surface area (TPSA) is 193 Å². The van der Waals surface area contributed by atoms with E-state index in [1.807, 2.05) is 36.4 Å². The molecule has 0 aromatic heterocycles. The summed E-state index contributed by atoms with van der Waals surface area (Å²) in [5.41, 5.74) is -0.413. The molecule has 0 bridgehead atoms. The number of hydrogen-bond acceptors (Lipinski definition) is 10. The molecule has 3 fully saturated rings. The van der Waals surface area contributed by atoms with Gasteiger partial charge in [-0.3, -0.25) is 19.3 Å². The van der Waals surface area contributed by atoms with Crippen LogP contribution >= 0.6 is 0 Å². The number of morpholine rings is 1. The molecule has 4 aliphatic heterocycles. The van der Waals surface area contributed by atoms with Gasteiger partial charge < -0.3 is 29.7 Å². The van der Waals surface area contributed by atoms with Crippen LogP contribution in [0.2, 0.25) is 0 Å². The molecule has 4 heterocycles. The summed E-state index contributed by atoms with van der Waals surface area (Å²) < 4.78 is 46.3. The number of allylic oxidation sites excluding steroid dienone is 1. The van der Waals surface area contributed by atoms with Crippen molar-refractivity contribution in [3.63, 3.8) is 0 Å². The Morgan fingerprint density at radius 2 is 1.72 bits per heavy atom. The normalized spacial score (nSPS) is 28.4. The van der Waals surface area contributed by atoms with Gasteiger partial charge in [-0.05, 0) is 57.6 Å². The Morgan fingerprint density at radius 1 is 1.02 bits per heavy atom. The van der Waals surface area contributed by atoms with Gasteiger partial charge >= 0.3 is 22.4 Å². The van der Waals surface area contributed by atoms with E-state index in [0.29, 0.717) is 25.9 Å². The van der Waals surface area contributed by atoms with Crippen LogP contribution in [-0.4, -0.2) is 115 Å². The van der Waals surface area contributed by atoms with Crippen LogP contribution in [0.1, 0.15) is 76.8 Å². The van der Waals surface area contributed by atoms with E-state index in [9.17, 15) is 32.4 Å². The summed E-state index contributed by atoms with van der Waals surface area (Å²) in [5, 5.41) is 5.51. The maximum Gasteiger partial charge on any atom is 0.410 e. The number of amides is 5. The summed E-state index contributed by atoms with van der Waals surface area (Å²) in [6, 6.07) is 5.42. The number of ether oxygens (including phenoxy) is 3. The minimum atomic E-state index is -4.24. The number of carbonyl (C=O) groups excluding carboxylic acids is 5. The molecule has 0 radical (unpaired) electrons. The molecular weight excluding hydrogens is 708 g/mol. The molecule has 5 atom stereocenters. The smallest absolute Gasteiger partial charge is 0.410 e. The molecule has 1 aliphatic carbocycles. The maximum absolute atomic E-state index is 14.4. The zero-order valence-corrected chi connectivity index (χ0v) is 31.3. The highest BCUT2D eigenvalue weighted by Crippen LogP contribution is 2.46. The maximum atomic E-state index is 14.4. The lowest BCUT2D eigenvalue weighted by Gasteiger charge is -2.31. The molecule has 2 saturated heterocycles. The molecule has 0 spiro atoms. The first-order valence-electron chi connectivity index (χ1n) is 18.4. The first-order valence-corrected chi connectivity index (χ1v) is 19.8. The number of nitrogens with one attached hydrogen (secondary N) is 3. The van der Waals surface area contributed by atoms with Crippen LogP contribution < -0.4 is 15.4 Å². The summed E-state index contributed by atoms with van der Waals surface area (Å²) in [6.45, 7) is 6.23.